The number of rotatable bonds is 13. The molecule has 0 amide bonds. The number of furan rings is 4. The molecule has 0 unspecified atom stereocenters. The van der Waals surface area contributed by atoms with Gasteiger partial charge in [-0.15, -0.1) is 0 Å². The van der Waals surface area contributed by atoms with Gasteiger partial charge in [-0.05, 0) is 159 Å². The molecule has 0 N–H and O–H groups in total. The molecule has 17 aromatic carbocycles. The van der Waals surface area contributed by atoms with Gasteiger partial charge in [0.05, 0.1) is 5.69 Å². The number of para-hydroxylation sites is 6. The van der Waals surface area contributed by atoms with Gasteiger partial charge in [0.2, 0.25) is 0 Å². The Kier molecular flexibility index (Phi) is 15.8. The maximum absolute atomic E-state index is 6.68. The van der Waals surface area contributed by atoms with E-state index in [9.17, 15) is 0 Å². The van der Waals surface area contributed by atoms with Crippen LogP contribution in [0.2, 0.25) is 0 Å². The average molecular weight is 1380 g/mol. The molecule has 0 radical (unpaired) electrons. The summed E-state index contributed by atoms with van der Waals surface area (Å²) >= 11 is 0. The lowest BCUT2D eigenvalue weighted by Crippen LogP contribution is -2.11. The van der Waals surface area contributed by atoms with Crippen LogP contribution in [-0.4, -0.2) is 0 Å². The van der Waals surface area contributed by atoms with Gasteiger partial charge in [-0.2, -0.15) is 0 Å². The fourth-order valence-corrected chi connectivity index (χ4v) is 15.8. The predicted molar refractivity (Wildman–Crippen MR) is 449 cm³/mol. The van der Waals surface area contributed by atoms with E-state index in [1.54, 1.807) is 0 Å². The van der Waals surface area contributed by atoms with E-state index in [2.05, 4.69) is 362 Å². The van der Waals surface area contributed by atoms with Crippen molar-refractivity contribution >= 4 is 122 Å². The van der Waals surface area contributed by atoms with Crippen LogP contribution in [0, 0.1) is 0 Å². The van der Waals surface area contributed by atoms with E-state index in [0.717, 1.165) is 178 Å². The molecule has 21 aromatic rings. The molecule has 0 saturated carbocycles. The van der Waals surface area contributed by atoms with Crippen LogP contribution in [0.1, 0.15) is 0 Å². The molecule has 0 spiro atoms. The van der Waals surface area contributed by atoms with E-state index in [-0.39, 0.29) is 0 Å². The highest BCUT2D eigenvalue weighted by molar-refractivity contribution is 6.16. The minimum Gasteiger partial charge on any atom is -0.455 e. The smallest absolute Gasteiger partial charge is 0.145 e. The number of hydrogen-bond donors (Lipinski definition) is 0. The summed E-state index contributed by atoms with van der Waals surface area (Å²) in [6.07, 6.45) is 0. The molecule has 0 bridgehead atoms. The Morgan fingerprint density at radius 2 is 0.417 bits per heavy atom. The zero-order valence-corrected chi connectivity index (χ0v) is 58.6. The highest BCUT2D eigenvalue weighted by Crippen LogP contribution is 2.49. The maximum atomic E-state index is 6.68. The highest BCUT2D eigenvalue weighted by Gasteiger charge is 2.25. The molecule has 508 valence electrons. The van der Waals surface area contributed by atoms with Gasteiger partial charge < -0.3 is 27.5 Å². The topological polar surface area (TPSA) is 59.0 Å². The molecule has 0 aliphatic rings. The third-order valence-corrected chi connectivity index (χ3v) is 21.0. The lowest BCUT2D eigenvalue weighted by atomic mass is 9.92. The van der Waals surface area contributed by atoms with Crippen LogP contribution in [0.25, 0.3) is 166 Å². The van der Waals surface area contributed by atoms with Gasteiger partial charge >= 0.3 is 0 Å². The van der Waals surface area contributed by atoms with E-state index >= 15 is 0 Å². The third kappa shape index (κ3) is 11.3. The Balaban J connectivity index is 0.000000143. The second-order valence-corrected chi connectivity index (χ2v) is 27.3. The molecule has 21 rings (SSSR count). The summed E-state index contributed by atoms with van der Waals surface area (Å²) in [5.41, 5.74) is 29.2. The molecule has 0 aliphatic carbocycles. The first-order valence-electron chi connectivity index (χ1n) is 36.6. The highest BCUT2D eigenvalue weighted by atomic mass is 16.3. The van der Waals surface area contributed by atoms with Crippen LogP contribution in [0.5, 0.6) is 0 Å². The van der Waals surface area contributed by atoms with Crippen molar-refractivity contribution in [3.8, 4) is 77.9 Å². The lowest BCUT2D eigenvalue weighted by Gasteiger charge is -2.28. The number of benzene rings is 17. The quantitative estimate of drug-likeness (QED) is 0.115. The zero-order chi connectivity index (χ0) is 71.4. The normalized spacial score (nSPS) is 11.5. The van der Waals surface area contributed by atoms with E-state index < -0.39 is 0 Å². The number of fused-ring (bicyclic) bond motifs is 12. The molecule has 6 heteroatoms. The molecule has 108 heavy (non-hydrogen) atoms. The second kappa shape index (κ2) is 27.0. The van der Waals surface area contributed by atoms with Crippen LogP contribution in [0.4, 0.5) is 34.1 Å². The molecule has 0 saturated heterocycles. The van der Waals surface area contributed by atoms with Crippen molar-refractivity contribution in [2.45, 2.75) is 0 Å². The van der Waals surface area contributed by atoms with Gasteiger partial charge in [0, 0.05) is 93.8 Å². The fraction of sp³-hybridized carbons (Fsp3) is 0. The number of hydrogen-bond acceptors (Lipinski definition) is 6. The van der Waals surface area contributed by atoms with Crippen LogP contribution in [0.15, 0.2) is 418 Å². The number of anilines is 6. The summed E-state index contributed by atoms with van der Waals surface area (Å²) in [6.45, 7) is 0. The first-order valence-corrected chi connectivity index (χ1v) is 36.6. The Labute approximate surface area is 623 Å². The van der Waals surface area contributed by atoms with Crippen molar-refractivity contribution in [3.63, 3.8) is 0 Å². The lowest BCUT2D eigenvalue weighted by molar-refractivity contribution is 0.669. The van der Waals surface area contributed by atoms with Gasteiger partial charge in [0.25, 0.3) is 0 Å². The Hall–Kier alpha value is -14.5. The van der Waals surface area contributed by atoms with Crippen molar-refractivity contribution in [1.29, 1.82) is 0 Å². The molecule has 0 fully saturated rings. The molecule has 6 nitrogen and oxygen atoms in total. The first kappa shape index (κ1) is 63.2. The monoisotopic (exact) mass is 1380 g/mol. The van der Waals surface area contributed by atoms with Crippen LogP contribution in [-0.2, 0) is 0 Å². The van der Waals surface area contributed by atoms with Crippen molar-refractivity contribution < 1.29 is 17.7 Å². The van der Waals surface area contributed by atoms with Gasteiger partial charge in [-0.25, -0.2) is 0 Å². The van der Waals surface area contributed by atoms with Gasteiger partial charge in [0.1, 0.15) is 44.7 Å². The largest absolute Gasteiger partial charge is 0.455 e. The Morgan fingerprint density at radius 3 is 0.806 bits per heavy atom. The molecule has 0 atom stereocenters. The van der Waals surface area contributed by atoms with E-state index in [4.69, 9.17) is 17.7 Å². The van der Waals surface area contributed by atoms with Crippen LogP contribution in [0.3, 0.4) is 0 Å². The van der Waals surface area contributed by atoms with Crippen LogP contribution < -0.4 is 9.80 Å². The van der Waals surface area contributed by atoms with Gasteiger partial charge in [0.15, 0.2) is 0 Å². The first-order chi connectivity index (χ1) is 53.6. The zero-order valence-electron chi connectivity index (χ0n) is 58.6. The summed E-state index contributed by atoms with van der Waals surface area (Å²) in [5, 5.41) is 8.97. The summed E-state index contributed by atoms with van der Waals surface area (Å²) in [6, 6.07) is 141. The molecular formula is C102H66N2O4. The van der Waals surface area contributed by atoms with Crippen LogP contribution >= 0.6 is 0 Å². The standard InChI is InChI=1S/C54H35NO2.C48H31NO2/c1-3-12-36(13-4-1)37-22-28-41(29-23-37)55(43-32-26-39(27-33-43)45-18-11-19-48-46-16-7-9-20-50(46)56-53(45)48)42-30-24-38(25-31-42)44-34-35-49-47-17-8-10-21-51(47)57-54(49)52(44)40-14-5-2-6-15-40;1-3-12-32(13-4-1)33-22-26-36(27-23-33)49(37-28-24-34(25-29-37)38-18-11-19-41-39-16-7-9-20-44(39)50-47(38)41)43-31-30-42-40-17-8-10-21-45(40)51-48(42)46(43)35-14-5-2-6-15-35/h1-35H;1-31H. The summed E-state index contributed by atoms with van der Waals surface area (Å²) in [7, 11) is 0. The minimum absolute atomic E-state index is 0.874. The summed E-state index contributed by atoms with van der Waals surface area (Å²) in [5.74, 6) is 0. The Morgan fingerprint density at radius 1 is 0.148 bits per heavy atom. The number of nitrogens with zero attached hydrogens (tertiary/aromatic N) is 2. The van der Waals surface area contributed by atoms with E-state index in [1.807, 2.05) is 48.5 Å². The SMILES string of the molecule is c1ccc(-c2ccc(N(c3ccc(-c4ccc5c(oc6ccccc65)c4-c4ccccc4)cc3)c3ccc(-c4cccc5c4oc4ccccc45)cc3)cc2)cc1.c1ccc(-c2ccc(N(c3ccc(-c4cccc5c4oc4ccccc45)cc3)c3ccc4c(oc5ccccc54)c3-c3ccccc3)cc2)cc1. The Bertz CT molecular complexity index is 6860. The predicted octanol–water partition coefficient (Wildman–Crippen LogP) is 29.6. The van der Waals surface area contributed by atoms with Crippen molar-refractivity contribution in [2.75, 3.05) is 9.80 Å². The van der Waals surface area contributed by atoms with Gasteiger partial charge in [-0.1, -0.05) is 297 Å². The second-order valence-electron chi connectivity index (χ2n) is 27.3. The van der Waals surface area contributed by atoms with Crippen molar-refractivity contribution in [1.82, 2.24) is 0 Å². The van der Waals surface area contributed by atoms with Crippen molar-refractivity contribution in [2.24, 2.45) is 0 Å². The van der Waals surface area contributed by atoms with Gasteiger partial charge in [-0.3, -0.25) is 0 Å². The van der Waals surface area contributed by atoms with E-state index in [0.29, 0.717) is 0 Å². The third-order valence-electron chi connectivity index (χ3n) is 21.0. The summed E-state index contributed by atoms with van der Waals surface area (Å²) in [4.78, 5) is 4.67. The molecular weight excluding hydrogens is 1320 g/mol. The minimum atomic E-state index is 0.874. The fourth-order valence-electron chi connectivity index (χ4n) is 15.8. The average Bonchev–Trinajstić information content (AvgIpc) is 1.54. The molecule has 4 heterocycles. The maximum Gasteiger partial charge on any atom is 0.145 e. The van der Waals surface area contributed by atoms with E-state index in [1.165, 1.54) is 22.3 Å². The molecule has 4 aromatic heterocycles. The molecule has 0 aliphatic heterocycles. The van der Waals surface area contributed by atoms with Crippen molar-refractivity contribution in [3.05, 3.63) is 400 Å². The summed E-state index contributed by atoms with van der Waals surface area (Å²) < 4.78 is 26.1.